The molecule has 0 aliphatic carbocycles. The highest BCUT2D eigenvalue weighted by Gasteiger charge is 2.07. The summed E-state index contributed by atoms with van der Waals surface area (Å²) in [6.45, 7) is 3.93. The standard InChI is InChI=1S/C51H62O8/c52-50(32-30-45-25-12-8-13-26-45)58-39-20-5-3-18-37-56-48-41-47(55-36-17-2-1-16-34-54-35-22-29-44-23-10-7-11-24-44)42-49(43-48)57-38-19-4-6-21-40-59-51(53)33-31-46-27-14-9-15-28-46/h7-15,22-33,41-43H,1-6,16-21,34-40H2/b29-22+,32-30+,33-31+. The van der Waals surface area contributed by atoms with Crippen LogP contribution in [0.25, 0.3) is 18.2 Å². The molecule has 4 aromatic rings. The van der Waals surface area contributed by atoms with Crippen molar-refractivity contribution in [3.05, 3.63) is 144 Å². The van der Waals surface area contributed by atoms with Crippen LogP contribution in [0.4, 0.5) is 0 Å². The molecule has 0 unspecified atom stereocenters. The number of unbranched alkanes of at least 4 members (excludes halogenated alkanes) is 9. The summed E-state index contributed by atoms with van der Waals surface area (Å²) < 4.78 is 34.9. The first-order chi connectivity index (χ1) is 29.1. The van der Waals surface area contributed by atoms with Crippen molar-refractivity contribution in [2.75, 3.05) is 46.2 Å². The van der Waals surface area contributed by atoms with E-state index in [0.29, 0.717) is 39.6 Å². The normalized spacial score (nSPS) is 11.3. The lowest BCUT2D eigenvalue weighted by Gasteiger charge is -2.13. The van der Waals surface area contributed by atoms with Gasteiger partial charge in [0.2, 0.25) is 0 Å². The maximum Gasteiger partial charge on any atom is 0.330 e. The molecule has 0 spiro atoms. The average Bonchev–Trinajstić information content (AvgIpc) is 3.27. The van der Waals surface area contributed by atoms with E-state index < -0.39 is 0 Å². The highest BCUT2D eigenvalue weighted by Crippen LogP contribution is 2.29. The molecule has 8 heteroatoms. The van der Waals surface area contributed by atoms with Gasteiger partial charge in [0.05, 0.1) is 39.6 Å². The molecule has 0 atom stereocenters. The van der Waals surface area contributed by atoms with E-state index in [1.807, 2.05) is 97.1 Å². The quantitative estimate of drug-likeness (QED) is 0.0282. The molecule has 0 saturated heterocycles. The molecule has 0 N–H and O–H groups in total. The minimum absolute atomic E-state index is 0.323. The number of esters is 2. The minimum atomic E-state index is -0.323. The van der Waals surface area contributed by atoms with E-state index in [2.05, 4.69) is 24.3 Å². The predicted octanol–water partition coefficient (Wildman–Crippen LogP) is 11.7. The molecule has 0 amide bonds. The Labute approximate surface area is 351 Å². The summed E-state index contributed by atoms with van der Waals surface area (Å²) in [7, 11) is 0. The van der Waals surface area contributed by atoms with Gasteiger partial charge in [-0.25, -0.2) is 9.59 Å². The van der Waals surface area contributed by atoms with Gasteiger partial charge in [-0.3, -0.25) is 0 Å². The molecule has 4 rings (SSSR count). The molecule has 0 fully saturated rings. The Morgan fingerprint density at radius 2 is 0.729 bits per heavy atom. The first-order valence-corrected chi connectivity index (χ1v) is 21.3. The van der Waals surface area contributed by atoms with Gasteiger partial charge >= 0.3 is 11.9 Å². The lowest BCUT2D eigenvalue weighted by Crippen LogP contribution is -2.04. The van der Waals surface area contributed by atoms with Crippen LogP contribution in [0.2, 0.25) is 0 Å². The van der Waals surface area contributed by atoms with Gasteiger partial charge in [-0.15, -0.1) is 0 Å². The fourth-order valence-corrected chi connectivity index (χ4v) is 5.94. The molecule has 0 heterocycles. The predicted molar refractivity (Wildman–Crippen MR) is 237 cm³/mol. The van der Waals surface area contributed by atoms with Crippen molar-refractivity contribution in [2.45, 2.75) is 77.0 Å². The fourth-order valence-electron chi connectivity index (χ4n) is 5.94. The second-order valence-corrected chi connectivity index (χ2v) is 14.1. The molecule has 0 aliphatic heterocycles. The van der Waals surface area contributed by atoms with E-state index in [9.17, 15) is 9.59 Å². The largest absolute Gasteiger partial charge is 0.493 e. The highest BCUT2D eigenvalue weighted by molar-refractivity contribution is 5.87. The molecular formula is C51H62O8. The lowest BCUT2D eigenvalue weighted by molar-refractivity contribution is -0.138. The van der Waals surface area contributed by atoms with Gasteiger partial charge in [-0.05, 0) is 99.5 Å². The van der Waals surface area contributed by atoms with Crippen LogP contribution in [0.1, 0.15) is 93.7 Å². The number of rotatable bonds is 31. The van der Waals surface area contributed by atoms with Gasteiger partial charge in [-0.1, -0.05) is 110 Å². The minimum Gasteiger partial charge on any atom is -0.493 e. The molecule has 0 saturated carbocycles. The molecule has 0 bridgehead atoms. The third-order valence-corrected chi connectivity index (χ3v) is 9.16. The zero-order valence-corrected chi connectivity index (χ0v) is 34.6. The Morgan fingerprint density at radius 1 is 0.390 bits per heavy atom. The number of benzene rings is 4. The van der Waals surface area contributed by atoms with Crippen LogP contribution in [0.3, 0.4) is 0 Å². The van der Waals surface area contributed by atoms with Gasteiger partial charge in [0, 0.05) is 37.0 Å². The fraction of sp³-hybridized carbons (Fsp3) is 0.373. The van der Waals surface area contributed by atoms with E-state index >= 15 is 0 Å². The van der Waals surface area contributed by atoms with Crippen molar-refractivity contribution >= 4 is 30.2 Å². The molecule has 0 aliphatic rings. The highest BCUT2D eigenvalue weighted by atomic mass is 16.5. The van der Waals surface area contributed by atoms with Crippen LogP contribution in [0.15, 0.2) is 127 Å². The molecular weight excluding hydrogens is 741 g/mol. The van der Waals surface area contributed by atoms with Gasteiger partial charge in [0.25, 0.3) is 0 Å². The average molecular weight is 803 g/mol. The number of ether oxygens (including phenoxy) is 6. The summed E-state index contributed by atoms with van der Waals surface area (Å²) in [6, 6.07) is 35.4. The monoisotopic (exact) mass is 802 g/mol. The van der Waals surface area contributed by atoms with Gasteiger partial charge in [0.1, 0.15) is 17.2 Å². The van der Waals surface area contributed by atoms with Gasteiger partial charge in [-0.2, -0.15) is 0 Å². The van der Waals surface area contributed by atoms with E-state index in [4.69, 9.17) is 28.4 Å². The number of carbonyl (C=O) groups excluding carboxylic acids is 2. The van der Waals surface area contributed by atoms with Crippen LogP contribution in [0, 0.1) is 0 Å². The van der Waals surface area contributed by atoms with Gasteiger partial charge in [0.15, 0.2) is 0 Å². The molecule has 59 heavy (non-hydrogen) atoms. The topological polar surface area (TPSA) is 89.5 Å². The van der Waals surface area contributed by atoms with Crippen molar-refractivity contribution in [1.29, 1.82) is 0 Å². The first kappa shape index (κ1) is 46.1. The maximum absolute atomic E-state index is 12.0. The third kappa shape index (κ3) is 22.8. The Morgan fingerprint density at radius 3 is 1.12 bits per heavy atom. The second kappa shape index (κ2) is 30.5. The zero-order chi connectivity index (χ0) is 41.3. The smallest absolute Gasteiger partial charge is 0.330 e. The van der Waals surface area contributed by atoms with Crippen molar-refractivity contribution < 1.29 is 38.0 Å². The van der Waals surface area contributed by atoms with Crippen LogP contribution < -0.4 is 14.2 Å². The van der Waals surface area contributed by atoms with E-state index in [0.717, 1.165) is 112 Å². The van der Waals surface area contributed by atoms with Crippen molar-refractivity contribution in [3.63, 3.8) is 0 Å². The third-order valence-electron chi connectivity index (χ3n) is 9.16. The SMILES string of the molecule is O=C(/C=C/c1ccccc1)OCCCCCCOc1cc(OCCCCCCOC/C=C/c2ccccc2)cc(OCCCCCCOC(=O)/C=C/c2ccccc2)c1. The summed E-state index contributed by atoms with van der Waals surface area (Å²) in [5.41, 5.74) is 3.11. The summed E-state index contributed by atoms with van der Waals surface area (Å²) in [4.78, 5) is 24.0. The van der Waals surface area contributed by atoms with E-state index in [-0.39, 0.29) is 11.9 Å². The summed E-state index contributed by atoms with van der Waals surface area (Å²) in [5.74, 6) is 1.53. The Kier molecular flexibility index (Phi) is 23.8. The molecule has 0 radical (unpaired) electrons. The molecule has 8 nitrogen and oxygen atoms in total. The Hall–Kier alpha value is -5.60. The summed E-state index contributed by atoms with van der Waals surface area (Å²) in [6.07, 6.45) is 21.9. The van der Waals surface area contributed by atoms with Crippen LogP contribution in [0.5, 0.6) is 17.2 Å². The van der Waals surface area contributed by atoms with Crippen LogP contribution in [-0.2, 0) is 23.8 Å². The zero-order valence-electron chi connectivity index (χ0n) is 34.6. The summed E-state index contributed by atoms with van der Waals surface area (Å²) in [5, 5.41) is 0. The number of carbonyl (C=O) groups is 2. The second-order valence-electron chi connectivity index (χ2n) is 14.1. The van der Waals surface area contributed by atoms with Crippen LogP contribution in [-0.4, -0.2) is 58.2 Å². The molecule has 314 valence electrons. The Balaban J connectivity index is 1.10. The van der Waals surface area contributed by atoms with E-state index in [1.165, 1.54) is 17.7 Å². The Bertz CT molecular complexity index is 1690. The molecule has 4 aromatic carbocycles. The lowest BCUT2D eigenvalue weighted by atomic mass is 10.2. The van der Waals surface area contributed by atoms with Crippen LogP contribution >= 0.6 is 0 Å². The van der Waals surface area contributed by atoms with E-state index in [1.54, 1.807) is 12.2 Å². The van der Waals surface area contributed by atoms with Crippen molar-refractivity contribution in [1.82, 2.24) is 0 Å². The number of hydrogen-bond acceptors (Lipinski definition) is 8. The van der Waals surface area contributed by atoms with Gasteiger partial charge < -0.3 is 28.4 Å². The number of hydrogen-bond donors (Lipinski definition) is 0. The molecule has 0 aromatic heterocycles. The van der Waals surface area contributed by atoms with Crippen molar-refractivity contribution in [3.8, 4) is 17.2 Å². The maximum atomic E-state index is 12.0. The summed E-state index contributed by atoms with van der Waals surface area (Å²) >= 11 is 0. The van der Waals surface area contributed by atoms with Crippen molar-refractivity contribution in [2.24, 2.45) is 0 Å². The first-order valence-electron chi connectivity index (χ1n) is 21.3.